The van der Waals surface area contributed by atoms with E-state index in [0.29, 0.717) is 0 Å². The van der Waals surface area contributed by atoms with Gasteiger partial charge in [-0.25, -0.2) is 4.98 Å². The Balaban J connectivity index is 1.69. The summed E-state index contributed by atoms with van der Waals surface area (Å²) in [5.41, 5.74) is 2.34. The molecule has 3 heterocycles. The van der Waals surface area contributed by atoms with Gasteiger partial charge in [0.05, 0.1) is 12.6 Å². The largest absolute Gasteiger partial charge is 0.365 e. The molecule has 2 aromatic heterocycles. The molecule has 3 rings (SSSR count). The summed E-state index contributed by atoms with van der Waals surface area (Å²) >= 11 is 1.70. The minimum Gasteiger partial charge on any atom is -0.365 e. The van der Waals surface area contributed by atoms with Gasteiger partial charge in [-0.05, 0) is 19.1 Å². The van der Waals surface area contributed by atoms with Crippen molar-refractivity contribution >= 4 is 17.2 Å². The molecule has 0 saturated carbocycles. The van der Waals surface area contributed by atoms with Crippen LogP contribution in [0.1, 0.15) is 16.4 Å². The maximum absolute atomic E-state index is 11.8. The first-order valence-electron chi connectivity index (χ1n) is 8.10. The normalized spacial score (nSPS) is 18.2. The quantitative estimate of drug-likeness (QED) is 0.826. The Morgan fingerprint density at radius 1 is 1.46 bits per heavy atom. The molecule has 2 aromatic rings. The van der Waals surface area contributed by atoms with Crippen molar-refractivity contribution in [1.82, 2.24) is 19.4 Å². The van der Waals surface area contributed by atoms with Gasteiger partial charge in [0.1, 0.15) is 11.6 Å². The fourth-order valence-corrected chi connectivity index (χ4v) is 3.65. The van der Waals surface area contributed by atoms with Crippen molar-refractivity contribution in [3.05, 3.63) is 40.1 Å². The summed E-state index contributed by atoms with van der Waals surface area (Å²) in [6.45, 7) is 5.39. The molecule has 6 nitrogen and oxygen atoms in total. The number of likely N-dealkylation sites (N-methyl/N-ethyl adjacent to an activating group) is 1. The second-order valence-electron chi connectivity index (χ2n) is 6.43. The zero-order valence-electron chi connectivity index (χ0n) is 14.4. The van der Waals surface area contributed by atoms with E-state index in [1.54, 1.807) is 30.3 Å². The van der Waals surface area contributed by atoms with E-state index < -0.39 is 0 Å². The third kappa shape index (κ3) is 4.23. The number of amides is 1. The molecule has 0 saturated heterocycles. The number of aromatic nitrogens is 2. The Morgan fingerprint density at radius 3 is 3.00 bits per heavy atom. The third-order valence-electron chi connectivity index (χ3n) is 4.14. The molecule has 24 heavy (non-hydrogen) atoms. The molecule has 7 heteroatoms. The van der Waals surface area contributed by atoms with E-state index in [1.807, 2.05) is 6.92 Å². The molecule has 0 N–H and O–H groups in total. The van der Waals surface area contributed by atoms with Gasteiger partial charge in [-0.2, -0.15) is 0 Å². The number of carbonyl (C=O) groups is 1. The number of carbonyl (C=O) groups excluding carboxylic acids is 1. The minimum atomic E-state index is -0.0105. The summed E-state index contributed by atoms with van der Waals surface area (Å²) in [4.78, 5) is 20.3. The summed E-state index contributed by atoms with van der Waals surface area (Å²) in [5, 5.41) is 3.20. The van der Waals surface area contributed by atoms with Crippen LogP contribution in [-0.4, -0.2) is 58.6 Å². The Morgan fingerprint density at radius 2 is 2.29 bits per heavy atom. The number of hydrogen-bond donors (Lipinski definition) is 0. The Kier molecular flexibility index (Phi) is 5.33. The highest BCUT2D eigenvalue weighted by Gasteiger charge is 2.23. The zero-order valence-corrected chi connectivity index (χ0v) is 15.3. The molecule has 0 fully saturated rings. The SMILES string of the molecule is Cc1csc(CN2Cc3cccn3C[C@@H](OCC(=O)N(C)C)C2)n1. The molecule has 0 radical (unpaired) electrons. The summed E-state index contributed by atoms with van der Waals surface area (Å²) in [7, 11) is 3.50. The van der Waals surface area contributed by atoms with E-state index in [1.165, 1.54) is 5.69 Å². The van der Waals surface area contributed by atoms with Crippen LogP contribution in [0, 0.1) is 6.92 Å². The van der Waals surface area contributed by atoms with Crippen molar-refractivity contribution in [3.8, 4) is 0 Å². The van der Waals surface area contributed by atoms with Crippen molar-refractivity contribution in [2.24, 2.45) is 0 Å². The van der Waals surface area contributed by atoms with Crippen LogP contribution in [0.25, 0.3) is 0 Å². The molecule has 1 aliphatic heterocycles. The van der Waals surface area contributed by atoms with E-state index in [4.69, 9.17) is 4.74 Å². The molecular weight excluding hydrogens is 324 g/mol. The highest BCUT2D eigenvalue weighted by Crippen LogP contribution is 2.19. The van der Waals surface area contributed by atoms with Gasteiger partial charge in [0.2, 0.25) is 5.91 Å². The lowest BCUT2D eigenvalue weighted by Crippen LogP contribution is -2.36. The van der Waals surface area contributed by atoms with E-state index in [0.717, 1.165) is 36.9 Å². The van der Waals surface area contributed by atoms with Gasteiger partial charge in [0.25, 0.3) is 0 Å². The Hall–Kier alpha value is -1.70. The smallest absolute Gasteiger partial charge is 0.248 e. The van der Waals surface area contributed by atoms with Crippen LogP contribution in [0.15, 0.2) is 23.7 Å². The topological polar surface area (TPSA) is 50.6 Å². The average Bonchev–Trinajstić information content (AvgIpc) is 3.10. The molecule has 0 unspecified atom stereocenters. The van der Waals surface area contributed by atoms with Crippen LogP contribution in [-0.2, 0) is 29.2 Å². The van der Waals surface area contributed by atoms with Gasteiger partial charge in [-0.3, -0.25) is 9.69 Å². The lowest BCUT2D eigenvalue weighted by Gasteiger charge is -2.23. The summed E-state index contributed by atoms with van der Waals surface area (Å²) in [5.74, 6) is -0.00549. The Bertz CT molecular complexity index is 694. The number of thiazole rings is 1. The zero-order chi connectivity index (χ0) is 17.1. The van der Waals surface area contributed by atoms with E-state index in [-0.39, 0.29) is 18.6 Å². The van der Waals surface area contributed by atoms with Crippen LogP contribution in [0.4, 0.5) is 0 Å². The second kappa shape index (κ2) is 7.46. The van der Waals surface area contributed by atoms with Crippen molar-refractivity contribution in [3.63, 3.8) is 0 Å². The molecule has 0 bridgehead atoms. The first-order chi connectivity index (χ1) is 11.5. The standard InChI is InChI=1S/C17H24N4O2S/c1-13-12-24-16(18-13)10-20-7-14-5-4-6-21(14)9-15(8-20)23-11-17(22)19(2)3/h4-6,12,15H,7-11H2,1-3H3/t15-/m0/s1. The fraction of sp³-hybridized carbons (Fsp3) is 0.529. The average molecular weight is 348 g/mol. The van der Waals surface area contributed by atoms with Crippen molar-refractivity contribution in [1.29, 1.82) is 0 Å². The van der Waals surface area contributed by atoms with Gasteiger partial charge >= 0.3 is 0 Å². The predicted octanol–water partition coefficient (Wildman–Crippen LogP) is 1.74. The van der Waals surface area contributed by atoms with E-state index >= 15 is 0 Å². The van der Waals surface area contributed by atoms with Crippen molar-refractivity contribution in [2.45, 2.75) is 32.7 Å². The molecule has 130 valence electrons. The third-order valence-corrected chi connectivity index (χ3v) is 5.09. The van der Waals surface area contributed by atoms with Crippen molar-refractivity contribution in [2.75, 3.05) is 27.2 Å². The number of aryl methyl sites for hydroxylation is 1. The maximum atomic E-state index is 11.8. The van der Waals surface area contributed by atoms with E-state index in [2.05, 4.69) is 38.2 Å². The lowest BCUT2D eigenvalue weighted by atomic mass is 10.3. The number of fused-ring (bicyclic) bond motifs is 1. The first-order valence-corrected chi connectivity index (χ1v) is 8.98. The summed E-state index contributed by atoms with van der Waals surface area (Å²) in [6, 6.07) is 4.21. The second-order valence-corrected chi connectivity index (χ2v) is 7.37. The van der Waals surface area contributed by atoms with Crippen LogP contribution in [0.3, 0.4) is 0 Å². The van der Waals surface area contributed by atoms with Crippen LogP contribution in [0.2, 0.25) is 0 Å². The minimum absolute atomic E-state index is 0.00549. The van der Waals surface area contributed by atoms with Crippen LogP contribution >= 0.6 is 11.3 Å². The number of nitrogens with zero attached hydrogens (tertiary/aromatic N) is 4. The monoisotopic (exact) mass is 348 g/mol. The Labute approximate surface area is 146 Å². The first kappa shape index (κ1) is 17.1. The predicted molar refractivity (Wildman–Crippen MR) is 93.8 cm³/mol. The van der Waals surface area contributed by atoms with E-state index in [9.17, 15) is 4.79 Å². The van der Waals surface area contributed by atoms with Gasteiger partial charge in [-0.1, -0.05) is 0 Å². The highest BCUT2D eigenvalue weighted by molar-refractivity contribution is 7.09. The molecule has 1 amide bonds. The van der Waals surface area contributed by atoms with Gasteiger partial charge in [0, 0.05) is 56.7 Å². The van der Waals surface area contributed by atoms with Crippen LogP contribution < -0.4 is 0 Å². The molecule has 0 aliphatic carbocycles. The van der Waals surface area contributed by atoms with Crippen LogP contribution in [0.5, 0.6) is 0 Å². The molecule has 1 atom stereocenters. The maximum Gasteiger partial charge on any atom is 0.248 e. The molecule has 1 aliphatic rings. The fourth-order valence-electron chi connectivity index (χ4n) is 2.84. The molecule has 0 aromatic carbocycles. The van der Waals surface area contributed by atoms with Gasteiger partial charge < -0.3 is 14.2 Å². The van der Waals surface area contributed by atoms with Gasteiger partial charge in [0.15, 0.2) is 0 Å². The number of ether oxygens (including phenoxy) is 1. The molecule has 0 spiro atoms. The number of rotatable bonds is 5. The lowest BCUT2D eigenvalue weighted by molar-refractivity contribution is -0.136. The van der Waals surface area contributed by atoms with Crippen molar-refractivity contribution < 1.29 is 9.53 Å². The number of hydrogen-bond acceptors (Lipinski definition) is 5. The summed E-state index contributed by atoms with van der Waals surface area (Å²) in [6.07, 6.45) is 2.07. The molecular formula is C17H24N4O2S. The van der Waals surface area contributed by atoms with Gasteiger partial charge in [-0.15, -0.1) is 11.3 Å². The summed E-state index contributed by atoms with van der Waals surface area (Å²) < 4.78 is 8.13. The highest BCUT2D eigenvalue weighted by atomic mass is 32.1.